The molecule has 0 spiro atoms. The number of rotatable bonds is 16. The van der Waals surface area contributed by atoms with Gasteiger partial charge in [-0.15, -0.1) is 0 Å². The van der Waals surface area contributed by atoms with Gasteiger partial charge in [0.1, 0.15) is 23.1 Å². The van der Waals surface area contributed by atoms with Crippen LogP contribution in [0.3, 0.4) is 0 Å². The second-order valence-corrected chi connectivity index (χ2v) is 13.7. The number of fused-ring (bicyclic) bond motifs is 2. The maximum absolute atomic E-state index is 13.6. The number of hydrogen-bond acceptors (Lipinski definition) is 11. The zero-order valence-corrected chi connectivity index (χ0v) is 32.2. The van der Waals surface area contributed by atoms with E-state index in [1.807, 2.05) is 18.2 Å². The Balaban J connectivity index is 1.28. The van der Waals surface area contributed by atoms with Crippen LogP contribution in [0.1, 0.15) is 18.3 Å². The van der Waals surface area contributed by atoms with Crippen molar-refractivity contribution in [3.8, 4) is 33.6 Å². The maximum Gasteiger partial charge on any atom is 0.325 e. The molecule has 294 valence electrons. The second kappa shape index (κ2) is 17.2. The smallest absolute Gasteiger partial charge is 0.325 e. The summed E-state index contributed by atoms with van der Waals surface area (Å²) in [6, 6.07) is 12.1. The number of nitrogens with one attached hydrogen (secondary N) is 2. The lowest BCUT2D eigenvalue weighted by atomic mass is 9.98. The molecule has 16 nitrogen and oxygen atoms in total. The van der Waals surface area contributed by atoms with Crippen LogP contribution in [0.15, 0.2) is 70.5 Å². The third-order valence-corrected chi connectivity index (χ3v) is 10.2. The van der Waals surface area contributed by atoms with Crippen molar-refractivity contribution in [2.75, 3.05) is 32.9 Å². The van der Waals surface area contributed by atoms with Gasteiger partial charge in [0.2, 0.25) is 0 Å². The number of aliphatic hydroxyl groups is 2. The lowest BCUT2D eigenvalue weighted by molar-refractivity contribution is -0.146. The topological polar surface area (TPSA) is 207 Å². The molecule has 0 fully saturated rings. The van der Waals surface area contributed by atoms with E-state index in [1.165, 1.54) is 13.6 Å². The van der Waals surface area contributed by atoms with Crippen LogP contribution in [0.25, 0.3) is 44.7 Å². The first-order valence-electron chi connectivity index (χ1n) is 17.7. The van der Waals surface area contributed by atoms with Gasteiger partial charge in [0.15, 0.2) is 0 Å². The van der Waals surface area contributed by atoms with Crippen LogP contribution in [-0.2, 0) is 27.4 Å². The maximum atomic E-state index is 13.6. The zero-order valence-electron chi connectivity index (χ0n) is 30.7. The molecule has 0 saturated heterocycles. The molecular weight excluding hydrogens is 767 g/mol. The Morgan fingerprint density at radius 2 is 1.18 bits per heavy atom. The molecule has 4 aromatic heterocycles. The standard InChI is InChI=1S/C38H40Cl2N8O8/c1-4-56-38(55)30(20-50)42-12-14-46-22(3)18-48-32(36(46)52)16-28(44-48)26-10-6-8-24(34(26)40)23-7-5-9-25(33(23)39)27-15-31-35(51)45(21(2)17-47(31)43-27)13-11-41-29(19-49)37(53)54/h5-10,15-18,29-30,41-42,49-50H,4,11-14,19-20H2,1-3H3,(H,53,54)/t29-,30-/m0/s1. The molecule has 0 unspecified atom stereocenters. The third-order valence-electron chi connectivity index (χ3n) is 9.40. The van der Waals surface area contributed by atoms with Crippen LogP contribution >= 0.6 is 23.2 Å². The lowest BCUT2D eigenvalue weighted by Crippen LogP contribution is -2.43. The van der Waals surface area contributed by atoms with Gasteiger partial charge in [0, 0.05) is 72.2 Å². The summed E-state index contributed by atoms with van der Waals surface area (Å²) < 4.78 is 11.0. The molecule has 0 aliphatic heterocycles. The Hall–Kier alpha value is -5.36. The minimum atomic E-state index is -1.19. The Morgan fingerprint density at radius 3 is 1.59 bits per heavy atom. The molecule has 6 aromatic rings. The number of aliphatic hydroxyl groups excluding tert-OH is 2. The van der Waals surface area contributed by atoms with E-state index in [2.05, 4.69) is 20.8 Å². The van der Waals surface area contributed by atoms with Gasteiger partial charge < -0.3 is 39.8 Å². The first kappa shape index (κ1) is 40.3. The van der Waals surface area contributed by atoms with Crippen LogP contribution in [-0.4, -0.2) is 101 Å². The Labute approximate surface area is 329 Å². The number of ether oxygens (including phenoxy) is 1. The van der Waals surface area contributed by atoms with Gasteiger partial charge in [-0.2, -0.15) is 10.2 Å². The zero-order chi connectivity index (χ0) is 40.3. The Morgan fingerprint density at radius 1 is 0.750 bits per heavy atom. The van der Waals surface area contributed by atoms with Gasteiger partial charge in [-0.3, -0.25) is 19.2 Å². The minimum Gasteiger partial charge on any atom is -0.480 e. The molecule has 18 heteroatoms. The molecule has 0 aliphatic carbocycles. The Kier molecular flexibility index (Phi) is 12.4. The molecule has 0 radical (unpaired) electrons. The van der Waals surface area contributed by atoms with Crippen molar-refractivity contribution in [2.45, 2.75) is 45.9 Å². The number of carbonyl (C=O) groups is 2. The summed E-state index contributed by atoms with van der Waals surface area (Å²) in [4.78, 5) is 50.4. The summed E-state index contributed by atoms with van der Waals surface area (Å²) in [5.74, 6) is -1.76. The number of carbonyl (C=O) groups excluding carboxylic acids is 1. The molecule has 5 N–H and O–H groups in total. The number of halogens is 2. The minimum absolute atomic E-state index is 0.139. The van der Waals surface area contributed by atoms with E-state index >= 15 is 0 Å². The van der Waals surface area contributed by atoms with Crippen LogP contribution in [0, 0.1) is 13.8 Å². The predicted molar refractivity (Wildman–Crippen MR) is 210 cm³/mol. The molecule has 4 heterocycles. The molecule has 56 heavy (non-hydrogen) atoms. The highest BCUT2D eigenvalue weighted by Crippen LogP contribution is 2.42. The molecule has 0 bridgehead atoms. The fourth-order valence-electron chi connectivity index (χ4n) is 6.49. The molecular formula is C38H40Cl2N8O8. The highest BCUT2D eigenvalue weighted by Gasteiger charge is 2.22. The highest BCUT2D eigenvalue weighted by atomic mass is 35.5. The van der Waals surface area contributed by atoms with E-state index in [0.717, 1.165) is 0 Å². The number of aliphatic carboxylic acids is 1. The number of carboxylic acids is 1. The van der Waals surface area contributed by atoms with Crippen molar-refractivity contribution in [2.24, 2.45) is 0 Å². The summed E-state index contributed by atoms with van der Waals surface area (Å²) in [6.07, 6.45) is 3.42. The SMILES string of the molecule is CCOC(=O)[C@H](CO)NCCn1c(C)cn2nc(-c3cccc(-c4cccc(-c5cc6c(=O)n(CCN[C@@H](CO)C(=O)O)c(C)cn6n5)c4Cl)c3Cl)cc2c1=O. The fraction of sp³-hybridized carbons (Fsp3) is 0.316. The van der Waals surface area contributed by atoms with Crippen molar-refractivity contribution in [3.05, 3.63) is 103 Å². The summed E-state index contributed by atoms with van der Waals surface area (Å²) >= 11 is 14.1. The molecule has 0 saturated carbocycles. The number of carboxylic acid groups (broad SMARTS) is 1. The lowest BCUT2D eigenvalue weighted by Gasteiger charge is -2.16. The number of hydrogen-bond donors (Lipinski definition) is 5. The number of esters is 1. The van der Waals surface area contributed by atoms with Gasteiger partial charge in [0.25, 0.3) is 11.1 Å². The summed E-state index contributed by atoms with van der Waals surface area (Å²) in [5.41, 5.74) is 4.40. The van der Waals surface area contributed by atoms with Crippen molar-refractivity contribution >= 4 is 46.2 Å². The Bertz CT molecular complexity index is 2560. The van der Waals surface area contributed by atoms with E-state index in [1.54, 1.807) is 68.1 Å². The van der Waals surface area contributed by atoms with Crippen LogP contribution in [0.2, 0.25) is 10.0 Å². The largest absolute Gasteiger partial charge is 0.480 e. The average Bonchev–Trinajstić information content (AvgIpc) is 3.79. The van der Waals surface area contributed by atoms with Crippen molar-refractivity contribution < 1.29 is 29.6 Å². The molecule has 0 aliphatic rings. The van der Waals surface area contributed by atoms with Crippen LogP contribution in [0.4, 0.5) is 0 Å². The van der Waals surface area contributed by atoms with Crippen molar-refractivity contribution in [1.29, 1.82) is 0 Å². The van der Waals surface area contributed by atoms with Gasteiger partial charge in [0.05, 0.1) is 41.3 Å². The van der Waals surface area contributed by atoms with E-state index < -0.39 is 37.2 Å². The average molecular weight is 808 g/mol. The highest BCUT2D eigenvalue weighted by molar-refractivity contribution is 6.39. The van der Waals surface area contributed by atoms with Gasteiger partial charge in [-0.1, -0.05) is 59.6 Å². The number of aryl methyl sites for hydroxylation is 2. The summed E-state index contributed by atoms with van der Waals surface area (Å²) in [5, 5.41) is 43.7. The van der Waals surface area contributed by atoms with E-state index in [-0.39, 0.29) is 49.4 Å². The van der Waals surface area contributed by atoms with Crippen LogP contribution in [0.5, 0.6) is 0 Å². The fourth-order valence-corrected chi connectivity index (χ4v) is 7.14. The normalized spacial score (nSPS) is 12.7. The summed E-state index contributed by atoms with van der Waals surface area (Å²) in [6.45, 7) is 5.11. The van der Waals surface area contributed by atoms with Crippen LogP contribution < -0.4 is 21.8 Å². The predicted octanol–water partition coefficient (Wildman–Crippen LogP) is 2.78. The number of nitrogens with zero attached hydrogens (tertiary/aromatic N) is 6. The molecule has 0 amide bonds. The second-order valence-electron chi connectivity index (χ2n) is 13.0. The first-order chi connectivity index (χ1) is 26.9. The number of benzene rings is 2. The summed E-state index contributed by atoms with van der Waals surface area (Å²) in [7, 11) is 0. The van der Waals surface area contributed by atoms with E-state index in [9.17, 15) is 34.5 Å². The van der Waals surface area contributed by atoms with E-state index in [4.69, 9.17) is 27.9 Å². The molecule has 6 rings (SSSR count). The van der Waals surface area contributed by atoms with Crippen molar-refractivity contribution in [3.63, 3.8) is 0 Å². The monoisotopic (exact) mass is 806 g/mol. The van der Waals surface area contributed by atoms with E-state index in [0.29, 0.717) is 60.6 Å². The van der Waals surface area contributed by atoms with Gasteiger partial charge in [-0.05, 0) is 32.9 Å². The molecule has 2 aromatic carbocycles. The van der Waals surface area contributed by atoms with Gasteiger partial charge >= 0.3 is 11.9 Å². The molecule has 2 atom stereocenters. The first-order valence-corrected chi connectivity index (χ1v) is 18.5. The van der Waals surface area contributed by atoms with Gasteiger partial charge in [-0.25, -0.2) is 9.03 Å². The third kappa shape index (κ3) is 7.98. The quantitative estimate of drug-likeness (QED) is 0.0896. The van der Waals surface area contributed by atoms with Crippen molar-refractivity contribution in [1.82, 2.24) is 39.0 Å². The number of aromatic nitrogens is 6.